The fraction of sp³-hybridized carbons (Fsp3) is 0.583. The molecule has 0 spiro atoms. The molecule has 0 aromatic carbocycles. The van der Waals surface area contributed by atoms with E-state index in [9.17, 15) is 0 Å². The van der Waals surface area contributed by atoms with Crippen LogP contribution in [0.3, 0.4) is 0 Å². The molecule has 1 heterocycles. The Morgan fingerprint density at radius 2 is 2.00 bits per heavy atom. The predicted molar refractivity (Wildman–Crippen MR) is 63.1 cm³/mol. The van der Waals surface area contributed by atoms with Crippen LogP contribution in [0.5, 0.6) is 0 Å². The van der Waals surface area contributed by atoms with Gasteiger partial charge in [0.05, 0.1) is 0 Å². The van der Waals surface area contributed by atoms with Crippen molar-refractivity contribution in [3.05, 3.63) is 23.9 Å². The van der Waals surface area contributed by atoms with Crippen molar-refractivity contribution in [3.8, 4) is 0 Å². The lowest BCUT2D eigenvalue weighted by atomic mass is 10.0. The van der Waals surface area contributed by atoms with E-state index in [1.807, 2.05) is 26.4 Å². The highest BCUT2D eigenvalue weighted by Crippen LogP contribution is 2.58. The minimum atomic E-state index is 0.216. The zero-order valence-electron chi connectivity index (χ0n) is 9.86. The molecule has 0 aliphatic heterocycles. The van der Waals surface area contributed by atoms with Crippen LogP contribution in [0.1, 0.15) is 25.3 Å². The summed E-state index contributed by atoms with van der Waals surface area (Å²) in [5, 5.41) is 0. The van der Waals surface area contributed by atoms with Crippen LogP contribution in [-0.2, 0) is 0 Å². The molecule has 82 valence electrons. The molecule has 0 radical (unpaired) electrons. The molecule has 2 atom stereocenters. The minimum Gasteiger partial charge on any atom is -0.363 e. The van der Waals surface area contributed by atoms with Crippen molar-refractivity contribution in [2.24, 2.45) is 11.1 Å². The Morgan fingerprint density at radius 1 is 1.40 bits per heavy atom. The molecule has 1 saturated carbocycles. The first-order valence-electron chi connectivity index (χ1n) is 5.34. The number of rotatable bonds is 2. The summed E-state index contributed by atoms with van der Waals surface area (Å²) in [5.41, 5.74) is 7.59. The molecule has 1 fully saturated rings. The van der Waals surface area contributed by atoms with Crippen molar-refractivity contribution < 1.29 is 0 Å². The summed E-state index contributed by atoms with van der Waals surface area (Å²) >= 11 is 0. The van der Waals surface area contributed by atoms with Gasteiger partial charge in [-0.1, -0.05) is 19.9 Å². The summed E-state index contributed by atoms with van der Waals surface area (Å²) < 4.78 is 0. The Bertz CT molecular complexity index is 371. The van der Waals surface area contributed by atoms with Gasteiger partial charge < -0.3 is 10.6 Å². The van der Waals surface area contributed by atoms with Crippen LogP contribution in [0.25, 0.3) is 0 Å². The summed E-state index contributed by atoms with van der Waals surface area (Å²) in [5.74, 6) is 1.49. The van der Waals surface area contributed by atoms with Gasteiger partial charge in [0.25, 0.3) is 0 Å². The van der Waals surface area contributed by atoms with E-state index in [1.165, 1.54) is 5.56 Å². The van der Waals surface area contributed by atoms with E-state index >= 15 is 0 Å². The van der Waals surface area contributed by atoms with Gasteiger partial charge in [0.15, 0.2) is 0 Å². The second kappa shape index (κ2) is 3.20. The number of anilines is 1. The number of nitrogens with zero attached hydrogens (tertiary/aromatic N) is 2. The summed E-state index contributed by atoms with van der Waals surface area (Å²) in [4.78, 5) is 6.46. The third kappa shape index (κ3) is 1.51. The maximum Gasteiger partial charge on any atom is 0.131 e. The maximum absolute atomic E-state index is 6.10. The fourth-order valence-corrected chi connectivity index (χ4v) is 2.30. The van der Waals surface area contributed by atoms with E-state index in [4.69, 9.17) is 5.73 Å². The summed E-state index contributed by atoms with van der Waals surface area (Å²) in [6, 6.07) is 4.39. The van der Waals surface area contributed by atoms with E-state index in [0.717, 1.165) is 5.82 Å². The van der Waals surface area contributed by atoms with Gasteiger partial charge in [-0.05, 0) is 17.0 Å². The van der Waals surface area contributed by atoms with Gasteiger partial charge in [-0.2, -0.15) is 0 Å². The SMILES string of the molecule is CN(C)c1ncccc1[C@@H]1[C@@H](N)C1(C)C. The van der Waals surface area contributed by atoms with Gasteiger partial charge in [-0.15, -0.1) is 0 Å². The largest absolute Gasteiger partial charge is 0.363 e. The van der Waals surface area contributed by atoms with E-state index in [-0.39, 0.29) is 11.5 Å². The highest BCUT2D eigenvalue weighted by molar-refractivity contribution is 5.52. The molecule has 3 heteroatoms. The smallest absolute Gasteiger partial charge is 0.131 e. The van der Waals surface area contributed by atoms with Crippen LogP contribution in [-0.4, -0.2) is 25.1 Å². The van der Waals surface area contributed by atoms with Crippen molar-refractivity contribution in [2.45, 2.75) is 25.8 Å². The Morgan fingerprint density at radius 3 is 2.47 bits per heavy atom. The summed E-state index contributed by atoms with van der Waals surface area (Å²) in [6.45, 7) is 4.43. The van der Waals surface area contributed by atoms with Gasteiger partial charge in [0.2, 0.25) is 0 Å². The molecule has 3 nitrogen and oxygen atoms in total. The molecular weight excluding hydrogens is 186 g/mol. The first kappa shape index (κ1) is 10.4. The van der Waals surface area contributed by atoms with Gasteiger partial charge in [0, 0.05) is 32.3 Å². The Kier molecular flexibility index (Phi) is 2.23. The first-order valence-corrected chi connectivity index (χ1v) is 5.34. The van der Waals surface area contributed by atoms with Gasteiger partial charge in [-0.3, -0.25) is 0 Å². The minimum absolute atomic E-state index is 0.216. The number of hydrogen-bond donors (Lipinski definition) is 1. The topological polar surface area (TPSA) is 42.2 Å². The van der Waals surface area contributed by atoms with Crippen LogP contribution < -0.4 is 10.6 Å². The average Bonchev–Trinajstić information content (AvgIpc) is 2.66. The lowest BCUT2D eigenvalue weighted by molar-refractivity contribution is 0.598. The average molecular weight is 205 g/mol. The van der Waals surface area contributed by atoms with Crippen molar-refractivity contribution >= 4 is 5.82 Å². The Balaban J connectivity index is 2.38. The number of nitrogens with two attached hydrogens (primary N) is 1. The van der Waals surface area contributed by atoms with Crippen LogP contribution >= 0.6 is 0 Å². The standard InChI is InChI=1S/C12H19N3/c1-12(2)9(10(12)13)8-6-5-7-14-11(8)15(3)4/h5-7,9-10H,13H2,1-4H3/t9-,10-/m1/s1. The summed E-state index contributed by atoms with van der Waals surface area (Å²) in [6.07, 6.45) is 1.83. The quantitative estimate of drug-likeness (QED) is 0.797. The van der Waals surface area contributed by atoms with Gasteiger partial charge in [-0.25, -0.2) is 4.98 Å². The third-order valence-electron chi connectivity index (χ3n) is 3.49. The van der Waals surface area contributed by atoms with E-state index in [2.05, 4.69) is 29.8 Å². The lowest BCUT2D eigenvalue weighted by Gasteiger charge is -2.16. The van der Waals surface area contributed by atoms with Crippen molar-refractivity contribution in [1.82, 2.24) is 4.98 Å². The van der Waals surface area contributed by atoms with Crippen LogP contribution in [0.15, 0.2) is 18.3 Å². The molecule has 15 heavy (non-hydrogen) atoms. The lowest BCUT2D eigenvalue weighted by Crippen LogP contribution is -2.13. The normalized spacial score (nSPS) is 27.5. The number of pyridine rings is 1. The maximum atomic E-state index is 6.10. The second-order valence-corrected chi connectivity index (χ2v) is 5.14. The predicted octanol–water partition coefficient (Wildman–Crippen LogP) is 1.60. The Hall–Kier alpha value is -1.09. The monoisotopic (exact) mass is 205 g/mol. The number of hydrogen-bond acceptors (Lipinski definition) is 3. The zero-order chi connectivity index (χ0) is 11.2. The molecule has 2 N–H and O–H groups in total. The van der Waals surface area contributed by atoms with Crippen LogP contribution in [0.4, 0.5) is 5.82 Å². The molecule has 1 aliphatic rings. The molecule has 0 unspecified atom stereocenters. The molecule has 0 bridgehead atoms. The number of aromatic nitrogens is 1. The van der Waals surface area contributed by atoms with E-state index < -0.39 is 0 Å². The van der Waals surface area contributed by atoms with Crippen LogP contribution in [0.2, 0.25) is 0 Å². The van der Waals surface area contributed by atoms with Gasteiger partial charge in [0.1, 0.15) is 5.82 Å². The molecule has 2 rings (SSSR count). The molecule has 1 aromatic heterocycles. The van der Waals surface area contributed by atoms with Crippen LogP contribution in [0, 0.1) is 5.41 Å². The third-order valence-corrected chi connectivity index (χ3v) is 3.49. The second-order valence-electron chi connectivity index (χ2n) is 5.14. The van der Waals surface area contributed by atoms with Crippen molar-refractivity contribution in [2.75, 3.05) is 19.0 Å². The highest BCUT2D eigenvalue weighted by Gasteiger charge is 2.57. The first-order chi connectivity index (χ1) is 6.96. The molecule has 0 amide bonds. The fourth-order valence-electron chi connectivity index (χ4n) is 2.30. The van der Waals surface area contributed by atoms with Crippen molar-refractivity contribution in [3.63, 3.8) is 0 Å². The van der Waals surface area contributed by atoms with E-state index in [1.54, 1.807) is 0 Å². The Labute approximate surface area is 91.3 Å². The molecule has 1 aliphatic carbocycles. The molecular formula is C12H19N3. The molecule has 1 aromatic rings. The zero-order valence-corrected chi connectivity index (χ0v) is 9.86. The summed E-state index contributed by atoms with van der Waals surface area (Å²) in [7, 11) is 4.04. The molecule has 0 saturated heterocycles. The van der Waals surface area contributed by atoms with Gasteiger partial charge >= 0.3 is 0 Å². The highest BCUT2D eigenvalue weighted by atomic mass is 15.1. The van der Waals surface area contributed by atoms with E-state index in [0.29, 0.717) is 5.92 Å². The van der Waals surface area contributed by atoms with Crippen molar-refractivity contribution in [1.29, 1.82) is 0 Å².